The monoisotopic (exact) mass is 357 g/mol. The number of amides is 1. The SMILES string of the molecule is O=C(CCc1ccc(F)cc1)N1CCC(O)(COc2ccccc2)CC1. The van der Waals surface area contributed by atoms with Gasteiger partial charge in [0.15, 0.2) is 0 Å². The van der Waals surface area contributed by atoms with Crippen molar-refractivity contribution in [2.45, 2.75) is 31.3 Å². The van der Waals surface area contributed by atoms with Crippen LogP contribution in [0.1, 0.15) is 24.8 Å². The van der Waals surface area contributed by atoms with Crippen LogP contribution >= 0.6 is 0 Å². The van der Waals surface area contributed by atoms with Crippen LogP contribution in [0.3, 0.4) is 0 Å². The Morgan fingerprint density at radius 3 is 2.38 bits per heavy atom. The van der Waals surface area contributed by atoms with E-state index in [9.17, 15) is 14.3 Å². The van der Waals surface area contributed by atoms with E-state index in [1.807, 2.05) is 30.3 Å². The molecule has 1 N–H and O–H groups in total. The number of halogens is 1. The standard InChI is InChI=1S/C21H24FNO3/c22-18-9-6-17(7-10-18)8-11-20(24)23-14-12-21(25,13-15-23)16-26-19-4-2-1-3-5-19/h1-7,9-10,25H,8,11-16H2. The highest BCUT2D eigenvalue weighted by molar-refractivity contribution is 5.76. The minimum atomic E-state index is -0.899. The Morgan fingerprint density at radius 1 is 1.08 bits per heavy atom. The number of hydrogen-bond acceptors (Lipinski definition) is 3. The largest absolute Gasteiger partial charge is 0.491 e. The van der Waals surface area contributed by atoms with Gasteiger partial charge in [-0.2, -0.15) is 0 Å². The minimum absolute atomic E-state index is 0.0698. The Balaban J connectivity index is 1.43. The molecule has 1 aliphatic rings. The Labute approximate surface area is 153 Å². The second-order valence-corrected chi connectivity index (χ2v) is 6.83. The first kappa shape index (κ1) is 18.4. The summed E-state index contributed by atoms with van der Waals surface area (Å²) in [6.45, 7) is 1.28. The number of carbonyl (C=O) groups is 1. The van der Waals surface area contributed by atoms with Gasteiger partial charge in [0.25, 0.3) is 0 Å². The van der Waals surface area contributed by atoms with Gasteiger partial charge in [-0.25, -0.2) is 4.39 Å². The van der Waals surface area contributed by atoms with Gasteiger partial charge in [0, 0.05) is 19.5 Å². The highest BCUT2D eigenvalue weighted by Crippen LogP contribution is 2.24. The fourth-order valence-electron chi connectivity index (χ4n) is 3.11. The van der Waals surface area contributed by atoms with Gasteiger partial charge < -0.3 is 14.7 Å². The van der Waals surface area contributed by atoms with Crippen LogP contribution in [-0.4, -0.2) is 41.2 Å². The molecule has 2 aromatic carbocycles. The molecular formula is C21H24FNO3. The molecule has 0 aliphatic carbocycles. The van der Waals surface area contributed by atoms with Gasteiger partial charge >= 0.3 is 0 Å². The molecule has 0 bridgehead atoms. The number of carbonyl (C=O) groups excluding carboxylic acids is 1. The third-order valence-corrected chi connectivity index (χ3v) is 4.84. The van der Waals surface area contributed by atoms with Gasteiger partial charge in [-0.1, -0.05) is 30.3 Å². The van der Waals surface area contributed by atoms with Crippen LogP contribution in [0.25, 0.3) is 0 Å². The molecule has 1 aliphatic heterocycles. The number of ether oxygens (including phenoxy) is 1. The molecule has 26 heavy (non-hydrogen) atoms. The molecule has 0 spiro atoms. The van der Waals surface area contributed by atoms with E-state index in [4.69, 9.17) is 4.74 Å². The third-order valence-electron chi connectivity index (χ3n) is 4.84. The molecule has 0 aromatic heterocycles. The van der Waals surface area contributed by atoms with Crippen LogP contribution < -0.4 is 4.74 Å². The van der Waals surface area contributed by atoms with Crippen molar-refractivity contribution in [2.75, 3.05) is 19.7 Å². The van der Waals surface area contributed by atoms with Crippen molar-refractivity contribution >= 4 is 5.91 Å². The average molecular weight is 357 g/mol. The number of likely N-dealkylation sites (tertiary alicyclic amines) is 1. The summed E-state index contributed by atoms with van der Waals surface area (Å²) >= 11 is 0. The van der Waals surface area contributed by atoms with Crippen molar-refractivity contribution < 1.29 is 19.0 Å². The van der Waals surface area contributed by atoms with Gasteiger partial charge in [-0.05, 0) is 49.1 Å². The van der Waals surface area contributed by atoms with Gasteiger partial charge in [0.1, 0.15) is 23.8 Å². The Kier molecular flexibility index (Phi) is 5.89. The zero-order valence-electron chi connectivity index (χ0n) is 14.7. The molecule has 1 fully saturated rings. The molecule has 0 unspecified atom stereocenters. The summed E-state index contributed by atoms with van der Waals surface area (Å²) < 4.78 is 18.6. The van der Waals surface area contributed by atoms with Gasteiger partial charge in [-0.3, -0.25) is 4.79 Å². The molecule has 4 nitrogen and oxygen atoms in total. The molecule has 5 heteroatoms. The van der Waals surface area contributed by atoms with Crippen molar-refractivity contribution in [1.82, 2.24) is 4.90 Å². The Hall–Kier alpha value is -2.40. The van der Waals surface area contributed by atoms with E-state index in [1.54, 1.807) is 17.0 Å². The van der Waals surface area contributed by atoms with Crippen molar-refractivity contribution in [3.05, 3.63) is 66.0 Å². The fraction of sp³-hybridized carbons (Fsp3) is 0.381. The normalized spacial score (nSPS) is 16.3. The molecule has 1 amide bonds. The van der Waals surface area contributed by atoms with Gasteiger partial charge in [-0.15, -0.1) is 0 Å². The van der Waals surface area contributed by atoms with E-state index in [0.717, 1.165) is 11.3 Å². The lowest BCUT2D eigenvalue weighted by atomic mass is 9.92. The maximum absolute atomic E-state index is 12.9. The highest BCUT2D eigenvalue weighted by Gasteiger charge is 2.34. The molecule has 0 saturated carbocycles. The molecule has 3 rings (SSSR count). The van der Waals surface area contributed by atoms with Gasteiger partial charge in [0.05, 0.1) is 0 Å². The summed E-state index contributed by atoms with van der Waals surface area (Å²) in [5, 5.41) is 10.7. The average Bonchev–Trinajstić information content (AvgIpc) is 2.67. The lowest BCUT2D eigenvalue weighted by Crippen LogP contribution is -2.49. The maximum atomic E-state index is 12.9. The van der Waals surface area contributed by atoms with Gasteiger partial charge in [0.2, 0.25) is 5.91 Å². The van der Waals surface area contributed by atoms with E-state index >= 15 is 0 Å². The van der Waals surface area contributed by atoms with Crippen LogP contribution in [0.2, 0.25) is 0 Å². The molecule has 1 heterocycles. The first-order valence-corrected chi connectivity index (χ1v) is 8.97. The van der Waals surface area contributed by atoms with E-state index in [-0.39, 0.29) is 18.3 Å². The molecule has 138 valence electrons. The number of aliphatic hydroxyl groups is 1. The number of hydrogen-bond donors (Lipinski definition) is 1. The number of para-hydroxylation sites is 1. The van der Waals surface area contributed by atoms with E-state index in [0.29, 0.717) is 38.8 Å². The first-order chi connectivity index (χ1) is 12.5. The maximum Gasteiger partial charge on any atom is 0.222 e. The summed E-state index contributed by atoms with van der Waals surface area (Å²) in [6, 6.07) is 15.6. The van der Waals surface area contributed by atoms with Crippen molar-refractivity contribution in [3.8, 4) is 5.75 Å². The molecule has 0 radical (unpaired) electrons. The lowest BCUT2D eigenvalue weighted by Gasteiger charge is -2.38. The Bertz CT molecular complexity index is 710. The molecule has 0 atom stereocenters. The molecule has 1 saturated heterocycles. The van der Waals surface area contributed by atoms with Crippen LogP contribution in [0.15, 0.2) is 54.6 Å². The van der Waals surface area contributed by atoms with Crippen LogP contribution in [0, 0.1) is 5.82 Å². The number of benzene rings is 2. The second kappa shape index (κ2) is 8.32. The quantitative estimate of drug-likeness (QED) is 0.864. The van der Waals surface area contributed by atoms with Crippen molar-refractivity contribution in [1.29, 1.82) is 0 Å². The summed E-state index contributed by atoms with van der Waals surface area (Å²) in [6.07, 6.45) is 1.99. The number of aryl methyl sites for hydroxylation is 1. The summed E-state index contributed by atoms with van der Waals surface area (Å²) in [4.78, 5) is 14.2. The number of rotatable bonds is 6. The van der Waals surface area contributed by atoms with Crippen LogP contribution in [-0.2, 0) is 11.2 Å². The summed E-state index contributed by atoms with van der Waals surface area (Å²) in [5.74, 6) is 0.534. The van der Waals surface area contributed by atoms with Crippen molar-refractivity contribution in [3.63, 3.8) is 0 Å². The van der Waals surface area contributed by atoms with Crippen LogP contribution in [0.4, 0.5) is 4.39 Å². The zero-order chi connectivity index (χ0) is 18.4. The summed E-state index contributed by atoms with van der Waals surface area (Å²) in [5.41, 5.74) is 0.0494. The van der Waals surface area contributed by atoms with Crippen LogP contribution in [0.5, 0.6) is 5.75 Å². The van der Waals surface area contributed by atoms with E-state index in [1.165, 1.54) is 12.1 Å². The first-order valence-electron chi connectivity index (χ1n) is 8.97. The van der Waals surface area contributed by atoms with Crippen molar-refractivity contribution in [2.24, 2.45) is 0 Å². The minimum Gasteiger partial charge on any atom is -0.491 e. The Morgan fingerprint density at radius 2 is 1.73 bits per heavy atom. The second-order valence-electron chi connectivity index (χ2n) is 6.83. The van der Waals surface area contributed by atoms with E-state index in [2.05, 4.69) is 0 Å². The number of nitrogens with zero attached hydrogens (tertiary/aromatic N) is 1. The molecule has 2 aromatic rings. The number of piperidine rings is 1. The zero-order valence-corrected chi connectivity index (χ0v) is 14.7. The highest BCUT2D eigenvalue weighted by atomic mass is 19.1. The lowest BCUT2D eigenvalue weighted by molar-refractivity contribution is -0.136. The predicted octanol–water partition coefficient (Wildman–Crippen LogP) is 3.19. The summed E-state index contributed by atoms with van der Waals surface area (Å²) in [7, 11) is 0. The fourth-order valence-corrected chi connectivity index (χ4v) is 3.11. The third kappa shape index (κ3) is 5.05. The smallest absolute Gasteiger partial charge is 0.222 e. The predicted molar refractivity (Wildman–Crippen MR) is 97.4 cm³/mol. The topological polar surface area (TPSA) is 49.8 Å². The molecular weight excluding hydrogens is 333 g/mol. The van der Waals surface area contributed by atoms with E-state index < -0.39 is 5.60 Å².